The second-order valence-corrected chi connectivity index (χ2v) is 8.05. The summed E-state index contributed by atoms with van der Waals surface area (Å²) in [6.45, 7) is 3.60. The molecular formula is C14H16ClN3O2S. The highest BCUT2D eigenvalue weighted by Gasteiger charge is 2.21. The van der Waals surface area contributed by atoms with Gasteiger partial charge in [0.15, 0.2) is 0 Å². The molecule has 0 fully saturated rings. The van der Waals surface area contributed by atoms with Gasteiger partial charge in [0.1, 0.15) is 15.7 Å². The fraction of sp³-hybridized carbons (Fsp3) is 0.429. The Morgan fingerprint density at radius 3 is 2.62 bits per heavy atom. The largest absolute Gasteiger partial charge is 0.323 e. The van der Waals surface area contributed by atoms with Gasteiger partial charge in [0.2, 0.25) is 0 Å². The molecule has 0 bridgehead atoms. The number of rotatable bonds is 4. The molecule has 112 valence electrons. The summed E-state index contributed by atoms with van der Waals surface area (Å²) >= 11 is 6.17. The van der Waals surface area contributed by atoms with Crippen molar-refractivity contribution >= 4 is 32.5 Å². The van der Waals surface area contributed by atoms with Crippen molar-refractivity contribution in [3.8, 4) is 6.07 Å². The lowest BCUT2D eigenvalue weighted by molar-refractivity contribution is 0.555. The van der Waals surface area contributed by atoms with Crippen molar-refractivity contribution in [1.29, 1.82) is 5.26 Å². The van der Waals surface area contributed by atoms with Gasteiger partial charge in [-0.1, -0.05) is 0 Å². The molecule has 0 spiro atoms. The summed E-state index contributed by atoms with van der Waals surface area (Å²) < 4.78 is 24.9. The number of hydrogen-bond acceptors (Lipinski definition) is 4. The fourth-order valence-electron chi connectivity index (χ4n) is 2.44. The molecule has 0 saturated heterocycles. The van der Waals surface area contributed by atoms with E-state index >= 15 is 0 Å². The number of fused-ring (bicyclic) bond motifs is 1. The lowest BCUT2D eigenvalue weighted by Crippen LogP contribution is -2.18. The molecule has 1 heterocycles. The molecule has 0 amide bonds. The molecule has 2 rings (SSSR count). The Labute approximate surface area is 129 Å². The van der Waals surface area contributed by atoms with Crippen LogP contribution in [0.2, 0.25) is 0 Å². The lowest BCUT2D eigenvalue weighted by Gasteiger charge is -2.17. The fourth-order valence-corrected chi connectivity index (χ4v) is 3.62. The molecule has 0 aliphatic rings. The summed E-state index contributed by atoms with van der Waals surface area (Å²) in [7, 11) is -3.13. The molecule has 0 aliphatic heterocycles. The Kier molecular flexibility index (Phi) is 4.26. The van der Waals surface area contributed by atoms with Gasteiger partial charge in [-0.25, -0.2) is 13.4 Å². The van der Waals surface area contributed by atoms with Crippen LogP contribution in [0, 0.1) is 11.3 Å². The number of halogens is 1. The zero-order valence-electron chi connectivity index (χ0n) is 12.0. The minimum absolute atomic E-state index is 0.00809. The zero-order chi connectivity index (χ0) is 15.8. The minimum atomic E-state index is -3.13. The lowest BCUT2D eigenvalue weighted by atomic mass is 10.2. The molecule has 5 nitrogen and oxygen atoms in total. The molecule has 1 aromatic carbocycles. The van der Waals surface area contributed by atoms with Crippen molar-refractivity contribution in [3.63, 3.8) is 0 Å². The van der Waals surface area contributed by atoms with Crippen LogP contribution < -0.4 is 0 Å². The second-order valence-electron chi connectivity index (χ2n) is 5.21. The van der Waals surface area contributed by atoms with Crippen molar-refractivity contribution in [3.05, 3.63) is 29.6 Å². The van der Waals surface area contributed by atoms with E-state index in [0.717, 1.165) is 5.52 Å². The summed E-state index contributed by atoms with van der Waals surface area (Å²) in [5.74, 6) is 0.601. The predicted octanol–water partition coefficient (Wildman–Crippen LogP) is 2.81. The molecule has 1 aromatic heterocycles. The monoisotopic (exact) mass is 325 g/mol. The van der Waals surface area contributed by atoms with Crippen LogP contribution in [0.5, 0.6) is 0 Å². The van der Waals surface area contributed by atoms with Crippen LogP contribution in [0.15, 0.2) is 18.2 Å². The minimum Gasteiger partial charge on any atom is -0.323 e. The maximum Gasteiger partial charge on any atom is 0.149 e. The molecule has 2 aromatic rings. The van der Waals surface area contributed by atoms with Gasteiger partial charge >= 0.3 is 0 Å². The number of aromatic nitrogens is 2. The summed E-state index contributed by atoms with van der Waals surface area (Å²) in [5, 5.41) is 8.67. The smallest absolute Gasteiger partial charge is 0.149 e. The number of benzene rings is 1. The molecule has 2 atom stereocenters. The second kappa shape index (κ2) is 5.66. The quantitative estimate of drug-likeness (QED) is 0.810. The van der Waals surface area contributed by atoms with E-state index in [2.05, 4.69) is 11.1 Å². The third-order valence-electron chi connectivity index (χ3n) is 3.19. The van der Waals surface area contributed by atoms with Gasteiger partial charge in [0.05, 0.1) is 33.8 Å². The van der Waals surface area contributed by atoms with E-state index in [9.17, 15) is 8.42 Å². The summed E-state index contributed by atoms with van der Waals surface area (Å²) in [5.41, 5.74) is 1.94. The Bertz CT molecular complexity index is 819. The summed E-state index contributed by atoms with van der Waals surface area (Å²) in [4.78, 5) is 4.47. The van der Waals surface area contributed by atoms with Gasteiger partial charge in [0, 0.05) is 12.3 Å². The highest BCUT2D eigenvalue weighted by atomic mass is 35.5. The molecule has 21 heavy (non-hydrogen) atoms. The van der Waals surface area contributed by atoms with Crippen LogP contribution in [0.4, 0.5) is 0 Å². The van der Waals surface area contributed by atoms with Crippen molar-refractivity contribution in [2.45, 2.75) is 25.3 Å². The molecular weight excluding hydrogens is 310 g/mol. The van der Waals surface area contributed by atoms with Gasteiger partial charge in [-0.05, 0) is 32.0 Å². The van der Waals surface area contributed by atoms with Crippen LogP contribution >= 0.6 is 11.6 Å². The maximum atomic E-state index is 11.6. The highest BCUT2D eigenvalue weighted by Crippen LogP contribution is 2.29. The third kappa shape index (κ3) is 3.36. The SMILES string of the molecule is CC(Cl)c1nc2ccc(C#N)cc2n1C(C)CS(C)(=O)=O. The first kappa shape index (κ1) is 15.8. The molecule has 0 radical (unpaired) electrons. The summed E-state index contributed by atoms with van der Waals surface area (Å²) in [6, 6.07) is 6.92. The van der Waals surface area contributed by atoms with E-state index in [0.29, 0.717) is 16.9 Å². The molecule has 2 unspecified atom stereocenters. The first-order valence-electron chi connectivity index (χ1n) is 6.46. The number of nitrogens with zero attached hydrogens (tertiary/aromatic N) is 3. The summed E-state index contributed by atoms with van der Waals surface area (Å²) in [6.07, 6.45) is 1.20. The Hall–Kier alpha value is -1.58. The average Bonchev–Trinajstić information content (AvgIpc) is 2.74. The number of hydrogen-bond donors (Lipinski definition) is 0. The van der Waals surface area contributed by atoms with Crippen LogP contribution in [0.25, 0.3) is 11.0 Å². The van der Waals surface area contributed by atoms with Gasteiger partial charge in [0.25, 0.3) is 0 Å². The van der Waals surface area contributed by atoms with Crippen LogP contribution in [-0.2, 0) is 9.84 Å². The third-order valence-corrected chi connectivity index (χ3v) is 4.47. The van der Waals surface area contributed by atoms with E-state index < -0.39 is 9.84 Å². The highest BCUT2D eigenvalue weighted by molar-refractivity contribution is 7.90. The molecule has 0 saturated carbocycles. The number of alkyl halides is 1. The van der Waals surface area contributed by atoms with Crippen molar-refractivity contribution in [1.82, 2.24) is 9.55 Å². The van der Waals surface area contributed by atoms with E-state index in [1.807, 2.05) is 11.5 Å². The van der Waals surface area contributed by atoms with E-state index in [1.54, 1.807) is 25.1 Å². The molecule has 7 heteroatoms. The Balaban J connectivity index is 2.68. The van der Waals surface area contributed by atoms with Gasteiger partial charge < -0.3 is 4.57 Å². The number of sulfone groups is 1. The van der Waals surface area contributed by atoms with Crippen molar-refractivity contribution in [2.75, 3.05) is 12.0 Å². The van der Waals surface area contributed by atoms with Crippen molar-refractivity contribution < 1.29 is 8.42 Å². The van der Waals surface area contributed by atoms with Gasteiger partial charge in [-0.3, -0.25) is 0 Å². The predicted molar refractivity (Wildman–Crippen MR) is 83.1 cm³/mol. The first-order valence-corrected chi connectivity index (χ1v) is 8.96. The Morgan fingerprint density at radius 2 is 2.10 bits per heavy atom. The topological polar surface area (TPSA) is 75.8 Å². The van der Waals surface area contributed by atoms with E-state index in [1.165, 1.54) is 6.26 Å². The van der Waals surface area contributed by atoms with Gasteiger partial charge in [-0.15, -0.1) is 11.6 Å². The van der Waals surface area contributed by atoms with Crippen LogP contribution in [-0.4, -0.2) is 30.0 Å². The normalized spacial score (nSPS) is 14.8. The van der Waals surface area contributed by atoms with E-state index in [4.69, 9.17) is 16.9 Å². The number of nitriles is 1. The number of imidazole rings is 1. The van der Waals surface area contributed by atoms with Crippen LogP contribution in [0.1, 0.15) is 36.7 Å². The molecule has 0 aliphatic carbocycles. The maximum absolute atomic E-state index is 11.6. The zero-order valence-corrected chi connectivity index (χ0v) is 13.6. The molecule has 0 N–H and O–H groups in total. The van der Waals surface area contributed by atoms with Gasteiger partial charge in [-0.2, -0.15) is 5.26 Å². The standard InChI is InChI=1S/C14H16ClN3O2S/c1-9(8-21(3,19)20)18-13-6-11(7-16)4-5-12(13)17-14(18)10(2)15/h4-6,9-10H,8H2,1-3H3. The van der Waals surface area contributed by atoms with E-state index in [-0.39, 0.29) is 17.2 Å². The first-order chi connectivity index (χ1) is 9.73. The van der Waals surface area contributed by atoms with Crippen molar-refractivity contribution in [2.24, 2.45) is 0 Å². The Morgan fingerprint density at radius 1 is 1.43 bits per heavy atom. The average molecular weight is 326 g/mol. The van der Waals surface area contributed by atoms with Crippen LogP contribution in [0.3, 0.4) is 0 Å².